The molecule has 0 aliphatic rings. The van der Waals surface area contributed by atoms with Crippen molar-refractivity contribution >= 4 is 17.7 Å². The third kappa shape index (κ3) is 3.82. The maximum Gasteiger partial charge on any atom is 0.253 e. The molecule has 1 aromatic heterocycles. The van der Waals surface area contributed by atoms with Crippen molar-refractivity contribution in [1.82, 2.24) is 25.5 Å². The molecule has 1 atom stereocenters. The molecule has 0 spiro atoms. The summed E-state index contributed by atoms with van der Waals surface area (Å²) in [6.07, 6.45) is 1.90. The lowest BCUT2D eigenvalue weighted by atomic mass is 10.1. The predicted octanol–water partition coefficient (Wildman–Crippen LogP) is 2.08. The molecular formula is C14H18FN5OS. The maximum absolute atomic E-state index is 13.7. The molecule has 0 unspecified atom stereocenters. The van der Waals surface area contributed by atoms with Gasteiger partial charge in [-0.3, -0.25) is 4.79 Å². The summed E-state index contributed by atoms with van der Waals surface area (Å²) in [5.41, 5.74) is 1.02. The minimum absolute atomic E-state index is 0.0428. The Kier molecular flexibility index (Phi) is 5.48. The molecule has 6 nitrogen and oxygen atoms in total. The van der Waals surface area contributed by atoms with Gasteiger partial charge in [0.1, 0.15) is 5.82 Å². The summed E-state index contributed by atoms with van der Waals surface area (Å²) < 4.78 is 13.7. The molecule has 1 heterocycles. The number of rotatable bonds is 6. The number of benzene rings is 1. The molecule has 8 heteroatoms. The van der Waals surface area contributed by atoms with Crippen LogP contribution in [0.25, 0.3) is 0 Å². The van der Waals surface area contributed by atoms with Crippen molar-refractivity contribution in [3.63, 3.8) is 0 Å². The molecule has 118 valence electrons. The molecule has 0 aliphatic carbocycles. The predicted molar refractivity (Wildman–Crippen MR) is 83.2 cm³/mol. The Morgan fingerprint density at radius 3 is 2.91 bits per heavy atom. The molecule has 22 heavy (non-hydrogen) atoms. The van der Waals surface area contributed by atoms with Crippen molar-refractivity contribution in [2.75, 3.05) is 19.8 Å². The zero-order valence-electron chi connectivity index (χ0n) is 12.7. The second-order valence-electron chi connectivity index (χ2n) is 5.10. The van der Waals surface area contributed by atoms with Gasteiger partial charge >= 0.3 is 0 Å². The van der Waals surface area contributed by atoms with Crippen LogP contribution in [-0.4, -0.2) is 51.3 Å². The Balaban J connectivity index is 2.08. The van der Waals surface area contributed by atoms with Gasteiger partial charge < -0.3 is 4.90 Å². The molecule has 0 saturated carbocycles. The van der Waals surface area contributed by atoms with Crippen LogP contribution in [-0.2, 0) is 5.75 Å². The van der Waals surface area contributed by atoms with Crippen molar-refractivity contribution < 1.29 is 9.18 Å². The summed E-state index contributed by atoms with van der Waals surface area (Å²) in [6, 6.07) is 4.47. The van der Waals surface area contributed by atoms with Crippen LogP contribution in [0.5, 0.6) is 0 Å². The first-order chi connectivity index (χ1) is 10.5. The van der Waals surface area contributed by atoms with Crippen LogP contribution in [0.4, 0.5) is 4.39 Å². The standard InChI is InChI=1S/C14H18FN5OS/c1-9(13-16-18-19-17-13)7-20(2)14(21)10-4-5-12(15)11(6-10)8-22-3/h4-6,9H,7-8H2,1-3H3,(H,16,17,18,19)/t9-/m0/s1. The lowest BCUT2D eigenvalue weighted by Crippen LogP contribution is -2.30. The number of nitrogens with one attached hydrogen (secondary N) is 1. The van der Waals surface area contributed by atoms with E-state index in [1.807, 2.05) is 13.2 Å². The Labute approximate surface area is 132 Å². The molecule has 1 amide bonds. The smallest absolute Gasteiger partial charge is 0.253 e. The van der Waals surface area contributed by atoms with Crippen molar-refractivity contribution in [2.45, 2.75) is 18.6 Å². The van der Waals surface area contributed by atoms with Gasteiger partial charge in [-0.15, -0.1) is 10.2 Å². The van der Waals surface area contributed by atoms with Crippen LogP contribution in [0, 0.1) is 5.82 Å². The van der Waals surface area contributed by atoms with Gasteiger partial charge in [0.15, 0.2) is 5.82 Å². The van der Waals surface area contributed by atoms with E-state index in [0.29, 0.717) is 29.2 Å². The SMILES string of the molecule is CSCc1cc(C(=O)N(C)C[C@H](C)c2nn[nH]n2)ccc1F. The highest BCUT2D eigenvalue weighted by Gasteiger charge is 2.19. The molecule has 1 N–H and O–H groups in total. The number of carbonyl (C=O) groups is 1. The number of H-pyrrole nitrogens is 1. The van der Waals surface area contributed by atoms with E-state index in [4.69, 9.17) is 0 Å². The summed E-state index contributed by atoms with van der Waals surface area (Å²) in [4.78, 5) is 14.0. The Hall–Kier alpha value is -1.96. The van der Waals surface area contributed by atoms with Gasteiger partial charge in [0.25, 0.3) is 5.91 Å². The van der Waals surface area contributed by atoms with E-state index >= 15 is 0 Å². The second-order valence-corrected chi connectivity index (χ2v) is 5.96. The number of carbonyl (C=O) groups excluding carboxylic acids is 1. The molecule has 0 radical (unpaired) electrons. The van der Waals surface area contributed by atoms with Crippen LogP contribution in [0.15, 0.2) is 18.2 Å². The average molecular weight is 323 g/mol. The number of likely N-dealkylation sites (N-methyl/N-ethyl adjacent to an activating group) is 1. The minimum atomic E-state index is -0.284. The third-order valence-corrected chi connectivity index (χ3v) is 3.89. The monoisotopic (exact) mass is 323 g/mol. The summed E-state index contributed by atoms with van der Waals surface area (Å²) >= 11 is 1.51. The van der Waals surface area contributed by atoms with E-state index in [0.717, 1.165) is 0 Å². The van der Waals surface area contributed by atoms with Gasteiger partial charge in [-0.1, -0.05) is 12.1 Å². The number of amides is 1. The van der Waals surface area contributed by atoms with Crippen LogP contribution in [0.2, 0.25) is 0 Å². The molecule has 2 aromatic rings. The van der Waals surface area contributed by atoms with Gasteiger partial charge in [0, 0.05) is 30.8 Å². The van der Waals surface area contributed by atoms with E-state index < -0.39 is 0 Å². The zero-order chi connectivity index (χ0) is 16.1. The van der Waals surface area contributed by atoms with E-state index in [1.165, 1.54) is 23.9 Å². The molecular weight excluding hydrogens is 305 g/mol. The normalized spacial score (nSPS) is 12.2. The summed E-state index contributed by atoms with van der Waals surface area (Å²) in [5, 5.41) is 13.7. The second kappa shape index (κ2) is 7.35. The topological polar surface area (TPSA) is 74.8 Å². The van der Waals surface area contributed by atoms with Gasteiger partial charge in [0.2, 0.25) is 0 Å². The lowest BCUT2D eigenvalue weighted by molar-refractivity contribution is 0.0787. The van der Waals surface area contributed by atoms with E-state index in [-0.39, 0.29) is 17.6 Å². The van der Waals surface area contributed by atoms with Crippen molar-refractivity contribution in [2.24, 2.45) is 0 Å². The van der Waals surface area contributed by atoms with Gasteiger partial charge in [-0.2, -0.15) is 17.0 Å². The highest BCUT2D eigenvalue weighted by Crippen LogP contribution is 2.18. The van der Waals surface area contributed by atoms with Crippen LogP contribution in [0.3, 0.4) is 0 Å². The highest BCUT2D eigenvalue weighted by molar-refractivity contribution is 7.97. The van der Waals surface area contributed by atoms with Gasteiger partial charge in [0.05, 0.1) is 0 Å². The van der Waals surface area contributed by atoms with Crippen LogP contribution >= 0.6 is 11.8 Å². The minimum Gasteiger partial charge on any atom is -0.341 e. The number of tetrazole rings is 1. The number of nitrogens with zero attached hydrogens (tertiary/aromatic N) is 4. The Bertz CT molecular complexity index is 634. The van der Waals surface area contributed by atoms with Crippen LogP contribution in [0.1, 0.15) is 34.6 Å². The van der Waals surface area contributed by atoms with Gasteiger partial charge in [-0.05, 0) is 30.0 Å². The number of hydrogen-bond acceptors (Lipinski definition) is 5. The first-order valence-electron chi connectivity index (χ1n) is 6.79. The number of aromatic nitrogens is 4. The van der Waals surface area contributed by atoms with Crippen molar-refractivity contribution in [3.05, 3.63) is 41.0 Å². The average Bonchev–Trinajstić information content (AvgIpc) is 3.03. The summed E-state index contributed by atoms with van der Waals surface area (Å²) in [6.45, 7) is 2.37. The Morgan fingerprint density at radius 2 is 2.27 bits per heavy atom. The number of aromatic amines is 1. The lowest BCUT2D eigenvalue weighted by Gasteiger charge is -2.20. The molecule has 0 bridgehead atoms. The Morgan fingerprint density at radius 1 is 1.50 bits per heavy atom. The van der Waals surface area contributed by atoms with E-state index in [1.54, 1.807) is 18.0 Å². The zero-order valence-corrected chi connectivity index (χ0v) is 13.5. The van der Waals surface area contributed by atoms with Gasteiger partial charge in [-0.25, -0.2) is 4.39 Å². The fourth-order valence-corrected chi connectivity index (χ4v) is 2.68. The quantitative estimate of drug-likeness (QED) is 0.881. The fraction of sp³-hybridized carbons (Fsp3) is 0.429. The summed E-state index contributed by atoms with van der Waals surface area (Å²) in [5.74, 6) is 0.614. The fourth-order valence-electron chi connectivity index (χ4n) is 2.15. The molecule has 2 rings (SSSR count). The largest absolute Gasteiger partial charge is 0.341 e. The van der Waals surface area contributed by atoms with Crippen molar-refractivity contribution in [3.8, 4) is 0 Å². The number of thioether (sulfide) groups is 1. The molecule has 0 saturated heterocycles. The van der Waals surface area contributed by atoms with E-state index in [9.17, 15) is 9.18 Å². The maximum atomic E-state index is 13.7. The highest BCUT2D eigenvalue weighted by atomic mass is 32.2. The first-order valence-corrected chi connectivity index (χ1v) is 8.18. The third-order valence-electron chi connectivity index (χ3n) is 3.29. The molecule has 0 aliphatic heterocycles. The van der Waals surface area contributed by atoms with Crippen LogP contribution < -0.4 is 0 Å². The molecule has 0 fully saturated rings. The number of halogens is 1. The number of hydrogen-bond donors (Lipinski definition) is 1. The molecule has 1 aromatic carbocycles. The summed E-state index contributed by atoms with van der Waals surface area (Å²) in [7, 11) is 1.70. The van der Waals surface area contributed by atoms with Crippen molar-refractivity contribution in [1.29, 1.82) is 0 Å². The first kappa shape index (κ1) is 16.4. The van der Waals surface area contributed by atoms with E-state index in [2.05, 4.69) is 20.6 Å².